The average molecular weight is 1140 g/mol. The molecule has 0 aromatic carbocycles. The average Bonchev–Trinajstić information content (AvgIpc) is 3.47. The molecule has 0 aliphatic heterocycles. The lowest BCUT2D eigenvalue weighted by atomic mass is 10.0. The molecule has 0 bridgehead atoms. The van der Waals surface area contributed by atoms with Crippen LogP contribution in [0.3, 0.4) is 0 Å². The minimum Gasteiger partial charge on any atom is -0.466 e. The molecular weight excluding hydrogens is 995 g/mol. The standard InChI is InChI=1S/C75H147NO5/c1-3-5-7-9-11-13-15-17-19-20-33-36-40-43-47-51-55-59-63-67-73(78)72(71-77)76-74(79)68-64-60-56-52-48-44-41-37-34-31-29-27-25-23-21-22-24-26-28-30-32-35-38-42-46-50-54-58-62-66-70-81-75(80)69-65-61-57-53-49-45-39-18-16-14-12-10-8-6-4-2/h63,67,72-73,77-78H,3-62,64-66,68-71H2,1-2H3,(H,76,79)/b67-63+. The van der Waals surface area contributed by atoms with Gasteiger partial charge in [-0.15, -0.1) is 0 Å². The van der Waals surface area contributed by atoms with Gasteiger partial charge in [0.05, 0.1) is 25.4 Å². The summed E-state index contributed by atoms with van der Waals surface area (Å²) in [5.41, 5.74) is 0. The smallest absolute Gasteiger partial charge is 0.305 e. The molecule has 81 heavy (non-hydrogen) atoms. The zero-order valence-corrected chi connectivity index (χ0v) is 55.3. The summed E-state index contributed by atoms with van der Waals surface area (Å²) in [7, 11) is 0. The summed E-state index contributed by atoms with van der Waals surface area (Å²) in [6.45, 7) is 4.96. The number of aliphatic hydroxyl groups excluding tert-OH is 2. The molecule has 0 fully saturated rings. The monoisotopic (exact) mass is 1140 g/mol. The van der Waals surface area contributed by atoms with E-state index in [1.165, 1.54) is 366 Å². The number of hydrogen-bond donors (Lipinski definition) is 3. The number of carbonyl (C=O) groups is 2. The van der Waals surface area contributed by atoms with Gasteiger partial charge in [0.1, 0.15) is 0 Å². The van der Waals surface area contributed by atoms with Gasteiger partial charge in [0.25, 0.3) is 0 Å². The van der Waals surface area contributed by atoms with Gasteiger partial charge >= 0.3 is 5.97 Å². The third-order valence-electron chi connectivity index (χ3n) is 17.8. The van der Waals surface area contributed by atoms with Crippen molar-refractivity contribution < 1.29 is 24.5 Å². The van der Waals surface area contributed by atoms with Gasteiger partial charge in [0.15, 0.2) is 0 Å². The fraction of sp³-hybridized carbons (Fsp3) is 0.947. The Morgan fingerprint density at radius 2 is 0.568 bits per heavy atom. The molecule has 6 heteroatoms. The van der Waals surface area contributed by atoms with E-state index in [2.05, 4.69) is 19.2 Å². The van der Waals surface area contributed by atoms with Gasteiger partial charge in [-0.3, -0.25) is 9.59 Å². The second kappa shape index (κ2) is 71.1. The Labute approximate surface area is 508 Å². The molecule has 0 saturated heterocycles. The van der Waals surface area contributed by atoms with Crippen LogP contribution in [0.2, 0.25) is 0 Å². The Morgan fingerprint density at radius 3 is 0.840 bits per heavy atom. The lowest BCUT2D eigenvalue weighted by Crippen LogP contribution is -2.45. The SMILES string of the molecule is CCCCCCCCCCCCCCCCCCC/C=C/C(O)C(CO)NC(=O)CCCCCCCCCCCCCCCCCCCCCCCCCCCCCCCCOC(=O)CCCCCCCCCCCCCCCCC. The minimum absolute atomic E-state index is 0.0238. The first-order valence-corrected chi connectivity index (χ1v) is 37.5. The highest BCUT2D eigenvalue weighted by molar-refractivity contribution is 5.76. The normalized spacial score (nSPS) is 12.5. The molecule has 0 aromatic heterocycles. The van der Waals surface area contributed by atoms with Crippen LogP contribution in [0.25, 0.3) is 0 Å². The van der Waals surface area contributed by atoms with E-state index in [1.54, 1.807) is 6.08 Å². The molecule has 0 aliphatic carbocycles. The molecule has 3 N–H and O–H groups in total. The topological polar surface area (TPSA) is 95.9 Å². The van der Waals surface area contributed by atoms with Crippen LogP contribution in [-0.2, 0) is 14.3 Å². The van der Waals surface area contributed by atoms with Crippen molar-refractivity contribution in [2.75, 3.05) is 13.2 Å². The molecule has 2 atom stereocenters. The van der Waals surface area contributed by atoms with E-state index in [1.807, 2.05) is 6.08 Å². The molecule has 1 amide bonds. The van der Waals surface area contributed by atoms with Gasteiger partial charge in [0, 0.05) is 12.8 Å². The fourth-order valence-corrected chi connectivity index (χ4v) is 12.1. The number of esters is 1. The van der Waals surface area contributed by atoms with Crippen molar-refractivity contribution in [2.45, 2.75) is 443 Å². The van der Waals surface area contributed by atoms with Crippen LogP contribution in [0.1, 0.15) is 431 Å². The maximum absolute atomic E-state index is 12.5. The Hall–Kier alpha value is -1.40. The summed E-state index contributed by atoms with van der Waals surface area (Å²) < 4.78 is 5.50. The summed E-state index contributed by atoms with van der Waals surface area (Å²) in [6, 6.07) is -0.625. The molecule has 0 radical (unpaired) electrons. The van der Waals surface area contributed by atoms with E-state index in [0.29, 0.717) is 19.4 Å². The molecule has 0 aliphatic rings. The van der Waals surface area contributed by atoms with E-state index < -0.39 is 12.1 Å². The van der Waals surface area contributed by atoms with Gasteiger partial charge in [-0.05, 0) is 32.1 Å². The Kier molecular flexibility index (Phi) is 69.9. The first-order chi connectivity index (χ1) is 40.0. The third kappa shape index (κ3) is 67.6. The van der Waals surface area contributed by atoms with Crippen LogP contribution in [0.5, 0.6) is 0 Å². The quantitative estimate of drug-likeness (QED) is 0.0320. The highest BCUT2D eigenvalue weighted by atomic mass is 16.5. The van der Waals surface area contributed by atoms with Gasteiger partial charge in [0.2, 0.25) is 5.91 Å². The van der Waals surface area contributed by atoms with Crippen molar-refractivity contribution in [3.05, 3.63) is 12.2 Å². The van der Waals surface area contributed by atoms with Crippen LogP contribution in [-0.4, -0.2) is 47.4 Å². The van der Waals surface area contributed by atoms with Gasteiger partial charge in [-0.1, -0.05) is 398 Å². The molecule has 0 saturated carbocycles. The van der Waals surface area contributed by atoms with E-state index >= 15 is 0 Å². The van der Waals surface area contributed by atoms with Gasteiger partial charge in [-0.2, -0.15) is 0 Å². The number of carbonyl (C=O) groups excluding carboxylic acids is 2. The summed E-state index contributed by atoms with van der Waals surface area (Å²) in [5, 5.41) is 23.2. The number of hydrogen-bond acceptors (Lipinski definition) is 5. The van der Waals surface area contributed by atoms with Crippen molar-refractivity contribution in [1.29, 1.82) is 0 Å². The van der Waals surface area contributed by atoms with Crippen LogP contribution >= 0.6 is 0 Å². The fourth-order valence-electron chi connectivity index (χ4n) is 12.1. The number of unbranched alkanes of at least 4 members (excludes halogenated alkanes) is 60. The highest BCUT2D eigenvalue weighted by Gasteiger charge is 2.18. The number of ether oxygens (including phenoxy) is 1. The summed E-state index contributed by atoms with van der Waals surface area (Å²) in [6.07, 6.45) is 88.8. The zero-order valence-electron chi connectivity index (χ0n) is 55.3. The lowest BCUT2D eigenvalue weighted by molar-refractivity contribution is -0.143. The predicted octanol–water partition coefficient (Wildman–Crippen LogP) is 24.3. The van der Waals surface area contributed by atoms with Crippen LogP contribution in [0.15, 0.2) is 12.2 Å². The van der Waals surface area contributed by atoms with Gasteiger partial charge in [-0.25, -0.2) is 0 Å². The molecule has 0 spiro atoms. The number of aliphatic hydroxyl groups is 2. The lowest BCUT2D eigenvalue weighted by Gasteiger charge is -2.20. The largest absolute Gasteiger partial charge is 0.466 e. The predicted molar refractivity (Wildman–Crippen MR) is 357 cm³/mol. The van der Waals surface area contributed by atoms with Crippen molar-refractivity contribution in [3.63, 3.8) is 0 Å². The maximum Gasteiger partial charge on any atom is 0.305 e. The molecule has 0 rings (SSSR count). The summed E-state index contributed by atoms with van der Waals surface area (Å²) in [4.78, 5) is 24.6. The molecular formula is C75H147NO5. The summed E-state index contributed by atoms with van der Waals surface area (Å²) in [5.74, 6) is -0.0358. The molecule has 482 valence electrons. The second-order valence-corrected chi connectivity index (χ2v) is 26.0. The Balaban J connectivity index is 3.34. The first kappa shape index (κ1) is 79.6. The van der Waals surface area contributed by atoms with Crippen molar-refractivity contribution in [3.8, 4) is 0 Å². The van der Waals surface area contributed by atoms with Crippen LogP contribution in [0.4, 0.5) is 0 Å². The zero-order chi connectivity index (χ0) is 58.5. The van der Waals surface area contributed by atoms with E-state index in [9.17, 15) is 19.8 Å². The van der Waals surface area contributed by atoms with Crippen LogP contribution in [0, 0.1) is 0 Å². The van der Waals surface area contributed by atoms with E-state index in [0.717, 1.165) is 38.5 Å². The molecule has 6 nitrogen and oxygen atoms in total. The molecule has 0 aromatic rings. The molecule has 2 unspecified atom stereocenters. The van der Waals surface area contributed by atoms with E-state index in [4.69, 9.17) is 4.74 Å². The Bertz CT molecular complexity index is 1220. The van der Waals surface area contributed by atoms with Crippen molar-refractivity contribution in [1.82, 2.24) is 5.32 Å². The van der Waals surface area contributed by atoms with Crippen LogP contribution < -0.4 is 5.32 Å². The van der Waals surface area contributed by atoms with Crippen molar-refractivity contribution >= 4 is 11.9 Å². The molecule has 0 heterocycles. The highest BCUT2D eigenvalue weighted by Crippen LogP contribution is 2.20. The van der Waals surface area contributed by atoms with Crippen molar-refractivity contribution in [2.24, 2.45) is 0 Å². The number of allylic oxidation sites excluding steroid dienone is 1. The maximum atomic E-state index is 12.5. The van der Waals surface area contributed by atoms with E-state index in [-0.39, 0.29) is 18.5 Å². The first-order valence-electron chi connectivity index (χ1n) is 37.5. The summed E-state index contributed by atoms with van der Waals surface area (Å²) >= 11 is 0. The number of amides is 1. The number of nitrogens with one attached hydrogen (secondary N) is 1. The van der Waals surface area contributed by atoms with Gasteiger partial charge < -0.3 is 20.3 Å². The Morgan fingerprint density at radius 1 is 0.333 bits per heavy atom. The third-order valence-corrected chi connectivity index (χ3v) is 17.8. The second-order valence-electron chi connectivity index (χ2n) is 26.0. The number of rotatable bonds is 71. The minimum atomic E-state index is -0.842.